The number of ether oxygens (including phenoxy) is 1. The summed E-state index contributed by atoms with van der Waals surface area (Å²) in [5.41, 5.74) is 0.432. The Balaban J connectivity index is 0.00000338. The molecule has 2 rings (SSSR count). The summed E-state index contributed by atoms with van der Waals surface area (Å²) in [6.07, 6.45) is 2.12. The summed E-state index contributed by atoms with van der Waals surface area (Å²) < 4.78 is 5.75. The minimum Gasteiger partial charge on any atom is -0.373 e. The number of nitrogens with zero attached hydrogens (tertiary/aromatic N) is 1. The Bertz CT molecular complexity index is 589. The highest BCUT2D eigenvalue weighted by Gasteiger charge is 2.29. The first kappa shape index (κ1) is 23.0. The zero-order chi connectivity index (χ0) is 18.1. The van der Waals surface area contributed by atoms with Gasteiger partial charge in [-0.3, -0.25) is 9.79 Å². The minimum atomic E-state index is -0.162. The van der Waals surface area contributed by atoms with Crippen LogP contribution < -0.4 is 16.0 Å². The van der Waals surface area contributed by atoms with Gasteiger partial charge in [0.2, 0.25) is 0 Å². The first-order valence-corrected chi connectivity index (χ1v) is 9.10. The van der Waals surface area contributed by atoms with Crippen molar-refractivity contribution in [3.05, 3.63) is 34.9 Å². The van der Waals surface area contributed by atoms with Crippen LogP contribution in [-0.4, -0.2) is 50.3 Å². The van der Waals surface area contributed by atoms with Crippen molar-refractivity contribution in [2.45, 2.75) is 32.3 Å². The molecule has 3 N–H and O–H groups in total. The van der Waals surface area contributed by atoms with Crippen molar-refractivity contribution in [1.82, 2.24) is 16.0 Å². The van der Waals surface area contributed by atoms with Gasteiger partial charge in [0.05, 0.1) is 12.1 Å². The number of rotatable bonds is 7. The second-order valence-corrected chi connectivity index (χ2v) is 6.72. The number of aliphatic imine (C=N–C) groups is 1. The third-order valence-electron chi connectivity index (χ3n) is 4.03. The Hall–Kier alpha value is -1.06. The average Bonchev–Trinajstić information content (AvgIpc) is 3.04. The van der Waals surface area contributed by atoms with Crippen LogP contribution in [0, 0.1) is 0 Å². The molecule has 0 aromatic heterocycles. The molecule has 0 radical (unpaired) electrons. The van der Waals surface area contributed by atoms with Gasteiger partial charge < -0.3 is 20.7 Å². The van der Waals surface area contributed by atoms with Gasteiger partial charge in [0.15, 0.2) is 5.96 Å². The molecule has 0 spiro atoms. The van der Waals surface area contributed by atoms with E-state index < -0.39 is 0 Å². The van der Waals surface area contributed by atoms with Crippen LogP contribution >= 0.6 is 35.6 Å². The van der Waals surface area contributed by atoms with E-state index in [1.54, 1.807) is 24.3 Å². The predicted molar refractivity (Wildman–Crippen MR) is 117 cm³/mol. The summed E-state index contributed by atoms with van der Waals surface area (Å²) in [7, 11) is 0. The van der Waals surface area contributed by atoms with E-state index in [2.05, 4.69) is 27.9 Å². The fourth-order valence-corrected chi connectivity index (χ4v) is 2.74. The van der Waals surface area contributed by atoms with Gasteiger partial charge in [-0.15, -0.1) is 24.0 Å². The molecule has 1 aliphatic heterocycles. The zero-order valence-corrected chi connectivity index (χ0v) is 18.4. The normalized spacial score (nSPS) is 19.6. The fraction of sp³-hybridized carbons (Fsp3) is 0.556. The van der Waals surface area contributed by atoms with Crippen molar-refractivity contribution in [3.63, 3.8) is 0 Å². The number of carbonyl (C=O) groups is 1. The fourth-order valence-electron chi connectivity index (χ4n) is 2.61. The first-order valence-electron chi connectivity index (χ1n) is 8.72. The highest BCUT2D eigenvalue weighted by atomic mass is 127. The molecule has 1 aliphatic rings. The summed E-state index contributed by atoms with van der Waals surface area (Å²) in [4.78, 5) is 16.6. The quantitative estimate of drug-likeness (QED) is 0.236. The Morgan fingerprint density at radius 3 is 2.54 bits per heavy atom. The van der Waals surface area contributed by atoms with Crippen LogP contribution in [0.4, 0.5) is 0 Å². The molecule has 1 amide bonds. The van der Waals surface area contributed by atoms with Crippen LogP contribution in [0.1, 0.15) is 37.0 Å². The van der Waals surface area contributed by atoms with E-state index in [0.29, 0.717) is 30.2 Å². The second kappa shape index (κ2) is 11.6. The topological polar surface area (TPSA) is 74.8 Å². The number of amides is 1. The standard InChI is InChI=1S/C18H27ClN4O2.HI/c1-3-20-17(23-13-18(2)9-4-12-25-18)22-11-10-21-16(24)14-5-7-15(19)8-6-14;/h5-8H,3-4,9-13H2,1-2H3,(H,21,24)(H2,20,22,23);1H. The van der Waals surface area contributed by atoms with Crippen molar-refractivity contribution in [2.24, 2.45) is 4.99 Å². The molecule has 26 heavy (non-hydrogen) atoms. The molecular formula is C18H28ClIN4O2. The lowest BCUT2D eigenvalue weighted by atomic mass is 10.0. The molecule has 8 heteroatoms. The largest absolute Gasteiger partial charge is 0.373 e. The van der Waals surface area contributed by atoms with Gasteiger partial charge in [-0.05, 0) is 51.0 Å². The smallest absolute Gasteiger partial charge is 0.251 e. The lowest BCUT2D eigenvalue weighted by Gasteiger charge is -2.21. The molecule has 1 aromatic rings. The van der Waals surface area contributed by atoms with E-state index in [9.17, 15) is 4.79 Å². The molecule has 1 atom stereocenters. The Labute approximate surface area is 177 Å². The van der Waals surface area contributed by atoms with Gasteiger partial charge in [0, 0.05) is 36.8 Å². The highest BCUT2D eigenvalue weighted by molar-refractivity contribution is 14.0. The lowest BCUT2D eigenvalue weighted by molar-refractivity contribution is 0.0283. The molecule has 0 bridgehead atoms. The van der Waals surface area contributed by atoms with Crippen molar-refractivity contribution in [3.8, 4) is 0 Å². The zero-order valence-electron chi connectivity index (χ0n) is 15.3. The van der Waals surface area contributed by atoms with Crippen molar-refractivity contribution in [2.75, 3.05) is 32.8 Å². The highest BCUT2D eigenvalue weighted by Crippen LogP contribution is 2.24. The predicted octanol–water partition coefficient (Wildman–Crippen LogP) is 2.81. The van der Waals surface area contributed by atoms with Crippen molar-refractivity contribution >= 4 is 47.4 Å². The van der Waals surface area contributed by atoms with Crippen LogP contribution in [0.15, 0.2) is 29.3 Å². The summed E-state index contributed by atoms with van der Waals surface area (Å²) in [6.45, 7) is 7.42. The maximum atomic E-state index is 12.0. The molecule has 1 fully saturated rings. The molecule has 1 saturated heterocycles. The van der Waals surface area contributed by atoms with Gasteiger partial charge in [-0.25, -0.2) is 0 Å². The van der Waals surface area contributed by atoms with E-state index in [4.69, 9.17) is 16.3 Å². The molecule has 146 valence electrons. The van der Waals surface area contributed by atoms with E-state index in [1.165, 1.54) is 0 Å². The van der Waals surface area contributed by atoms with Gasteiger partial charge in [0.25, 0.3) is 5.91 Å². The van der Waals surface area contributed by atoms with Crippen LogP contribution in [0.25, 0.3) is 0 Å². The maximum absolute atomic E-state index is 12.0. The molecule has 0 aliphatic carbocycles. The van der Waals surface area contributed by atoms with Crippen LogP contribution in [-0.2, 0) is 4.74 Å². The van der Waals surface area contributed by atoms with E-state index in [1.807, 2.05) is 6.92 Å². The van der Waals surface area contributed by atoms with E-state index in [0.717, 1.165) is 32.0 Å². The lowest BCUT2D eigenvalue weighted by Crippen LogP contribution is -2.42. The average molecular weight is 495 g/mol. The number of carbonyl (C=O) groups excluding carboxylic acids is 1. The Morgan fingerprint density at radius 2 is 1.92 bits per heavy atom. The molecule has 1 unspecified atom stereocenters. The third kappa shape index (κ3) is 7.67. The second-order valence-electron chi connectivity index (χ2n) is 6.29. The van der Waals surface area contributed by atoms with E-state index >= 15 is 0 Å². The Morgan fingerprint density at radius 1 is 1.23 bits per heavy atom. The monoisotopic (exact) mass is 494 g/mol. The number of guanidine groups is 1. The van der Waals surface area contributed by atoms with Crippen LogP contribution in [0.3, 0.4) is 0 Å². The van der Waals surface area contributed by atoms with Gasteiger partial charge in [0.1, 0.15) is 0 Å². The number of nitrogens with one attached hydrogen (secondary N) is 3. The number of hydrogen-bond donors (Lipinski definition) is 3. The number of halogens is 2. The summed E-state index contributed by atoms with van der Waals surface area (Å²) in [5.74, 6) is 0.618. The van der Waals surface area contributed by atoms with Crippen LogP contribution in [0.2, 0.25) is 5.02 Å². The number of hydrogen-bond acceptors (Lipinski definition) is 3. The van der Waals surface area contributed by atoms with Crippen molar-refractivity contribution in [1.29, 1.82) is 0 Å². The summed E-state index contributed by atoms with van der Waals surface area (Å²) >= 11 is 5.82. The van der Waals surface area contributed by atoms with Crippen LogP contribution in [0.5, 0.6) is 0 Å². The molecule has 0 saturated carbocycles. The van der Waals surface area contributed by atoms with E-state index in [-0.39, 0.29) is 35.5 Å². The van der Waals surface area contributed by atoms with Crippen molar-refractivity contribution < 1.29 is 9.53 Å². The minimum absolute atomic E-state index is 0. The molecular weight excluding hydrogens is 467 g/mol. The van der Waals surface area contributed by atoms with Gasteiger partial charge in [-0.1, -0.05) is 11.6 Å². The molecule has 6 nitrogen and oxygen atoms in total. The Kier molecular flexibility index (Phi) is 10.3. The SMILES string of the molecule is CCNC(=NCC1(C)CCCO1)NCCNC(=O)c1ccc(Cl)cc1.I. The summed E-state index contributed by atoms with van der Waals surface area (Å²) in [6, 6.07) is 6.82. The third-order valence-corrected chi connectivity index (χ3v) is 4.28. The van der Waals surface area contributed by atoms with Gasteiger partial charge >= 0.3 is 0 Å². The molecule has 1 aromatic carbocycles. The summed E-state index contributed by atoms with van der Waals surface area (Å²) in [5, 5.41) is 9.92. The number of benzene rings is 1. The van der Waals surface area contributed by atoms with Gasteiger partial charge in [-0.2, -0.15) is 0 Å². The maximum Gasteiger partial charge on any atom is 0.251 e. The first-order chi connectivity index (χ1) is 12.0. The molecule has 1 heterocycles.